The van der Waals surface area contributed by atoms with Gasteiger partial charge in [-0.05, 0) is 44.2 Å². The average Bonchev–Trinajstić information content (AvgIpc) is 2.34. The SMILES string of the molecule is CC(C)(C)NC(=O)CCC1CNCc2ccccc21. The van der Waals surface area contributed by atoms with Crippen LogP contribution in [0.4, 0.5) is 0 Å². The number of amides is 1. The van der Waals surface area contributed by atoms with Crippen LogP contribution in [0.2, 0.25) is 0 Å². The van der Waals surface area contributed by atoms with E-state index in [4.69, 9.17) is 0 Å². The zero-order valence-corrected chi connectivity index (χ0v) is 12.1. The predicted octanol–water partition coefficient (Wildman–Crippen LogP) is 2.57. The van der Waals surface area contributed by atoms with Crippen molar-refractivity contribution < 1.29 is 4.79 Å². The van der Waals surface area contributed by atoms with E-state index >= 15 is 0 Å². The van der Waals surface area contributed by atoms with Crippen LogP contribution >= 0.6 is 0 Å². The Balaban J connectivity index is 1.93. The zero-order chi connectivity index (χ0) is 13.9. The highest BCUT2D eigenvalue weighted by atomic mass is 16.1. The lowest BCUT2D eigenvalue weighted by Crippen LogP contribution is -2.40. The molecule has 0 saturated carbocycles. The van der Waals surface area contributed by atoms with Crippen molar-refractivity contribution in [3.8, 4) is 0 Å². The van der Waals surface area contributed by atoms with Crippen LogP contribution in [-0.2, 0) is 11.3 Å². The molecule has 1 aromatic carbocycles. The second kappa shape index (κ2) is 5.74. The maximum absolute atomic E-state index is 11.9. The Bertz CT molecular complexity index is 448. The maximum Gasteiger partial charge on any atom is 0.220 e. The van der Waals surface area contributed by atoms with Crippen LogP contribution in [0.1, 0.15) is 50.7 Å². The summed E-state index contributed by atoms with van der Waals surface area (Å²) in [5.74, 6) is 0.603. The molecule has 1 aliphatic rings. The summed E-state index contributed by atoms with van der Waals surface area (Å²) in [5, 5.41) is 6.45. The molecule has 1 aromatic rings. The van der Waals surface area contributed by atoms with E-state index in [1.807, 2.05) is 20.8 Å². The smallest absolute Gasteiger partial charge is 0.220 e. The number of hydrogen-bond acceptors (Lipinski definition) is 2. The van der Waals surface area contributed by atoms with Crippen molar-refractivity contribution in [2.24, 2.45) is 0 Å². The number of rotatable bonds is 3. The van der Waals surface area contributed by atoms with Gasteiger partial charge in [0.2, 0.25) is 5.91 Å². The van der Waals surface area contributed by atoms with Crippen LogP contribution in [0.5, 0.6) is 0 Å². The third-order valence-corrected chi connectivity index (χ3v) is 3.44. The lowest BCUT2D eigenvalue weighted by Gasteiger charge is -2.27. The first-order chi connectivity index (χ1) is 8.96. The van der Waals surface area contributed by atoms with E-state index in [0.717, 1.165) is 19.5 Å². The lowest BCUT2D eigenvalue weighted by molar-refractivity contribution is -0.122. The van der Waals surface area contributed by atoms with E-state index in [2.05, 4.69) is 34.9 Å². The van der Waals surface area contributed by atoms with Gasteiger partial charge in [0.05, 0.1) is 0 Å². The molecule has 1 amide bonds. The Morgan fingerprint density at radius 3 is 2.84 bits per heavy atom. The van der Waals surface area contributed by atoms with Crippen molar-refractivity contribution in [1.29, 1.82) is 0 Å². The minimum absolute atomic E-state index is 0.139. The van der Waals surface area contributed by atoms with Gasteiger partial charge in [-0.1, -0.05) is 24.3 Å². The molecule has 1 atom stereocenters. The molecule has 1 heterocycles. The fourth-order valence-corrected chi connectivity index (χ4v) is 2.63. The van der Waals surface area contributed by atoms with Gasteiger partial charge in [-0.3, -0.25) is 4.79 Å². The van der Waals surface area contributed by atoms with E-state index < -0.39 is 0 Å². The average molecular weight is 260 g/mol. The highest BCUT2D eigenvalue weighted by Crippen LogP contribution is 2.27. The minimum atomic E-state index is -0.139. The van der Waals surface area contributed by atoms with Gasteiger partial charge in [0, 0.05) is 25.0 Å². The summed E-state index contributed by atoms with van der Waals surface area (Å²) in [5.41, 5.74) is 2.64. The van der Waals surface area contributed by atoms with Crippen LogP contribution < -0.4 is 10.6 Å². The first kappa shape index (κ1) is 14.1. The molecular formula is C16H24N2O. The third kappa shape index (κ3) is 4.06. The largest absolute Gasteiger partial charge is 0.352 e. The van der Waals surface area contributed by atoms with Gasteiger partial charge in [-0.15, -0.1) is 0 Å². The molecule has 3 nitrogen and oxygen atoms in total. The van der Waals surface area contributed by atoms with Crippen molar-refractivity contribution in [2.75, 3.05) is 6.54 Å². The van der Waals surface area contributed by atoms with Crippen molar-refractivity contribution in [1.82, 2.24) is 10.6 Å². The Morgan fingerprint density at radius 1 is 1.37 bits per heavy atom. The van der Waals surface area contributed by atoms with Crippen LogP contribution in [0.3, 0.4) is 0 Å². The van der Waals surface area contributed by atoms with Gasteiger partial charge in [-0.25, -0.2) is 0 Å². The van der Waals surface area contributed by atoms with Crippen molar-refractivity contribution in [2.45, 2.75) is 51.6 Å². The first-order valence-corrected chi connectivity index (χ1v) is 7.05. The summed E-state index contributed by atoms with van der Waals surface area (Å²) in [6.45, 7) is 7.97. The van der Waals surface area contributed by atoms with Gasteiger partial charge in [0.1, 0.15) is 0 Å². The molecule has 0 aromatic heterocycles. The predicted molar refractivity (Wildman–Crippen MR) is 78.0 cm³/mol. The standard InChI is InChI=1S/C16H24N2O/c1-16(2,3)18-15(19)9-8-13-11-17-10-12-6-4-5-7-14(12)13/h4-7,13,17H,8-11H2,1-3H3,(H,18,19). The first-order valence-electron chi connectivity index (χ1n) is 7.05. The van der Waals surface area contributed by atoms with Crippen LogP contribution in [0.15, 0.2) is 24.3 Å². The van der Waals surface area contributed by atoms with E-state index in [0.29, 0.717) is 12.3 Å². The molecule has 1 unspecified atom stereocenters. The third-order valence-electron chi connectivity index (χ3n) is 3.44. The van der Waals surface area contributed by atoms with Gasteiger partial charge < -0.3 is 10.6 Å². The van der Waals surface area contributed by atoms with E-state index in [-0.39, 0.29) is 11.4 Å². The molecule has 0 bridgehead atoms. The van der Waals surface area contributed by atoms with Gasteiger partial charge in [-0.2, -0.15) is 0 Å². The summed E-state index contributed by atoms with van der Waals surface area (Å²) in [6, 6.07) is 8.54. The molecule has 3 heteroatoms. The molecule has 2 N–H and O–H groups in total. The molecular weight excluding hydrogens is 236 g/mol. The summed E-state index contributed by atoms with van der Waals surface area (Å²) < 4.78 is 0. The quantitative estimate of drug-likeness (QED) is 0.877. The second-order valence-corrected chi connectivity index (χ2v) is 6.36. The molecule has 1 aliphatic heterocycles. The Kier molecular flexibility index (Phi) is 4.25. The molecule has 0 radical (unpaired) electrons. The minimum Gasteiger partial charge on any atom is -0.352 e. The monoisotopic (exact) mass is 260 g/mol. The fourth-order valence-electron chi connectivity index (χ4n) is 2.63. The number of carbonyl (C=O) groups excluding carboxylic acids is 1. The van der Waals surface area contributed by atoms with Gasteiger partial charge in [0.15, 0.2) is 0 Å². The Labute approximate surface area is 115 Å². The molecule has 0 fully saturated rings. The fraction of sp³-hybridized carbons (Fsp3) is 0.562. The zero-order valence-electron chi connectivity index (χ0n) is 12.1. The van der Waals surface area contributed by atoms with Gasteiger partial charge in [0.25, 0.3) is 0 Å². The van der Waals surface area contributed by atoms with Crippen LogP contribution in [-0.4, -0.2) is 18.0 Å². The maximum atomic E-state index is 11.9. The summed E-state index contributed by atoms with van der Waals surface area (Å²) >= 11 is 0. The number of fused-ring (bicyclic) bond motifs is 1. The Morgan fingerprint density at radius 2 is 2.11 bits per heavy atom. The normalized spacial score (nSPS) is 18.8. The lowest BCUT2D eigenvalue weighted by atomic mass is 9.87. The number of nitrogens with one attached hydrogen (secondary N) is 2. The van der Waals surface area contributed by atoms with Crippen molar-refractivity contribution in [3.05, 3.63) is 35.4 Å². The van der Waals surface area contributed by atoms with Crippen molar-refractivity contribution >= 4 is 5.91 Å². The summed E-state index contributed by atoms with van der Waals surface area (Å²) in [6.07, 6.45) is 1.50. The molecule has 104 valence electrons. The van der Waals surface area contributed by atoms with E-state index in [1.54, 1.807) is 0 Å². The molecule has 0 aliphatic carbocycles. The molecule has 0 spiro atoms. The van der Waals surface area contributed by atoms with Gasteiger partial charge >= 0.3 is 0 Å². The summed E-state index contributed by atoms with van der Waals surface area (Å²) in [4.78, 5) is 11.9. The topological polar surface area (TPSA) is 41.1 Å². The highest BCUT2D eigenvalue weighted by molar-refractivity contribution is 5.76. The summed E-state index contributed by atoms with van der Waals surface area (Å²) in [7, 11) is 0. The highest BCUT2D eigenvalue weighted by Gasteiger charge is 2.21. The second-order valence-electron chi connectivity index (χ2n) is 6.36. The van der Waals surface area contributed by atoms with Crippen LogP contribution in [0.25, 0.3) is 0 Å². The number of benzene rings is 1. The van der Waals surface area contributed by atoms with Crippen LogP contribution in [0, 0.1) is 0 Å². The molecule has 19 heavy (non-hydrogen) atoms. The number of hydrogen-bond donors (Lipinski definition) is 2. The molecule has 0 saturated heterocycles. The van der Waals surface area contributed by atoms with E-state index in [1.165, 1.54) is 11.1 Å². The Hall–Kier alpha value is -1.35. The van der Waals surface area contributed by atoms with Crippen molar-refractivity contribution in [3.63, 3.8) is 0 Å². The number of carbonyl (C=O) groups is 1. The van der Waals surface area contributed by atoms with E-state index in [9.17, 15) is 4.79 Å². The molecule has 2 rings (SSSR count).